The zero-order valence-electron chi connectivity index (χ0n) is 14.4. The number of nitrogens with zero attached hydrogens (tertiary/aromatic N) is 1. The Kier molecular flexibility index (Phi) is 6.56. The van der Waals surface area contributed by atoms with Crippen molar-refractivity contribution < 1.29 is 0 Å². The van der Waals surface area contributed by atoms with Crippen LogP contribution in [0.15, 0.2) is 36.1 Å². The molecule has 0 aliphatic carbocycles. The molecule has 0 unspecified atom stereocenters. The number of hydrogen-bond donors (Lipinski definition) is 0. The van der Waals surface area contributed by atoms with Gasteiger partial charge in [0.1, 0.15) is 16.5 Å². The van der Waals surface area contributed by atoms with Crippen molar-refractivity contribution in [1.82, 2.24) is 4.23 Å². The molecule has 0 aromatic rings. The fraction of sp³-hybridized carbons (Fsp3) is 0.625. The molecule has 1 nitrogen and oxygen atoms in total. The Bertz CT molecular complexity index is 349. The Labute approximate surface area is 123 Å². The third-order valence-corrected chi connectivity index (χ3v) is 10.4. The third-order valence-electron chi connectivity index (χ3n) is 3.16. The minimum absolute atomic E-state index is 1.02. The second kappa shape index (κ2) is 6.75. The van der Waals surface area contributed by atoms with Crippen LogP contribution in [0.3, 0.4) is 0 Å². The lowest BCUT2D eigenvalue weighted by molar-refractivity contribution is 0.677. The maximum Gasteiger partial charge on any atom is 0.138 e. The molecule has 0 aromatic heterocycles. The first-order valence-corrected chi connectivity index (χ1v) is 14.1. The quantitative estimate of drug-likeness (QED) is 0.425. The molecule has 110 valence electrons. The summed E-state index contributed by atoms with van der Waals surface area (Å²) in [5.74, 6) is 0. The van der Waals surface area contributed by atoms with Gasteiger partial charge in [0.25, 0.3) is 0 Å². The molecule has 0 heterocycles. The Morgan fingerprint density at radius 1 is 0.947 bits per heavy atom. The van der Waals surface area contributed by atoms with Crippen molar-refractivity contribution in [2.75, 3.05) is 0 Å². The van der Waals surface area contributed by atoms with Crippen molar-refractivity contribution >= 4 is 16.5 Å². The molecule has 0 atom stereocenters. The first kappa shape index (κ1) is 18.5. The van der Waals surface area contributed by atoms with Gasteiger partial charge in [-0.1, -0.05) is 69.7 Å². The molecule has 0 N–H and O–H groups in total. The van der Waals surface area contributed by atoms with Gasteiger partial charge < -0.3 is 4.23 Å². The molecular formula is C16H33NSi2. The van der Waals surface area contributed by atoms with E-state index in [9.17, 15) is 0 Å². The summed E-state index contributed by atoms with van der Waals surface area (Å²) in [5.41, 5.74) is 4.16. The Morgan fingerprint density at radius 3 is 1.63 bits per heavy atom. The molecule has 0 aromatic carbocycles. The van der Waals surface area contributed by atoms with E-state index >= 15 is 0 Å². The highest BCUT2D eigenvalue weighted by molar-refractivity contribution is 6.90. The van der Waals surface area contributed by atoms with Gasteiger partial charge in [0.2, 0.25) is 0 Å². The van der Waals surface area contributed by atoms with Crippen LogP contribution in [0.25, 0.3) is 0 Å². The van der Waals surface area contributed by atoms with Gasteiger partial charge in [-0.15, -0.1) is 0 Å². The minimum atomic E-state index is -1.35. The molecule has 0 radical (unpaired) electrons. The monoisotopic (exact) mass is 295 g/mol. The van der Waals surface area contributed by atoms with Gasteiger partial charge in [-0.2, -0.15) is 0 Å². The maximum absolute atomic E-state index is 4.05. The lowest BCUT2D eigenvalue weighted by Gasteiger charge is -2.48. The molecule has 0 spiro atoms. The molecule has 0 bridgehead atoms. The van der Waals surface area contributed by atoms with E-state index < -0.39 is 16.5 Å². The van der Waals surface area contributed by atoms with Crippen molar-refractivity contribution in [2.24, 2.45) is 0 Å². The van der Waals surface area contributed by atoms with Gasteiger partial charge in [-0.25, -0.2) is 0 Å². The first-order chi connectivity index (χ1) is 8.41. The lowest BCUT2D eigenvalue weighted by atomic mass is 10.1. The van der Waals surface area contributed by atoms with Crippen molar-refractivity contribution in [3.05, 3.63) is 36.1 Å². The molecule has 0 aliphatic rings. The highest BCUT2D eigenvalue weighted by Crippen LogP contribution is 2.30. The summed E-state index contributed by atoms with van der Waals surface area (Å²) in [6.07, 6.45) is 4.01. The van der Waals surface area contributed by atoms with E-state index in [1.165, 1.54) is 5.57 Å². The summed E-state index contributed by atoms with van der Waals surface area (Å²) in [7, 11) is -2.70. The SMILES string of the molecule is C=CC(=C)CCC(=C(C)C)N([Si](C)(C)C)[Si](C)(C)C. The predicted molar refractivity (Wildman–Crippen MR) is 95.5 cm³/mol. The summed E-state index contributed by atoms with van der Waals surface area (Å²) >= 11 is 0. The van der Waals surface area contributed by atoms with Crippen molar-refractivity contribution in [2.45, 2.75) is 66.0 Å². The summed E-state index contributed by atoms with van der Waals surface area (Å²) in [6.45, 7) is 27.1. The third kappa shape index (κ3) is 5.96. The van der Waals surface area contributed by atoms with Crippen molar-refractivity contribution in [3.8, 4) is 0 Å². The zero-order valence-corrected chi connectivity index (χ0v) is 16.4. The highest BCUT2D eigenvalue weighted by Gasteiger charge is 2.35. The van der Waals surface area contributed by atoms with Gasteiger partial charge in [-0.3, -0.25) is 0 Å². The second-order valence-electron chi connectivity index (χ2n) is 7.49. The van der Waals surface area contributed by atoms with Gasteiger partial charge in [-0.05, 0) is 32.4 Å². The molecule has 0 saturated carbocycles. The van der Waals surface area contributed by atoms with Gasteiger partial charge in [0.05, 0.1) is 0 Å². The second-order valence-corrected chi connectivity index (χ2v) is 17.5. The summed E-state index contributed by atoms with van der Waals surface area (Å²) in [4.78, 5) is 0. The fourth-order valence-corrected chi connectivity index (χ4v) is 13.1. The molecule has 0 aliphatic heterocycles. The van der Waals surface area contributed by atoms with Gasteiger partial charge in [0, 0.05) is 0 Å². The van der Waals surface area contributed by atoms with E-state index in [1.807, 2.05) is 6.08 Å². The summed E-state index contributed by atoms with van der Waals surface area (Å²) in [5, 5.41) is 0. The Balaban J connectivity index is 5.41. The average Bonchev–Trinajstić information content (AvgIpc) is 2.18. The smallest absolute Gasteiger partial charge is 0.138 e. The normalized spacial score (nSPS) is 12.0. The van der Waals surface area contributed by atoms with E-state index in [2.05, 4.69) is 70.5 Å². The van der Waals surface area contributed by atoms with Crippen LogP contribution in [0.5, 0.6) is 0 Å². The van der Waals surface area contributed by atoms with Crippen molar-refractivity contribution in [3.63, 3.8) is 0 Å². The van der Waals surface area contributed by atoms with Crippen LogP contribution in [0.4, 0.5) is 0 Å². The van der Waals surface area contributed by atoms with Crippen LogP contribution < -0.4 is 0 Å². The minimum Gasteiger partial charge on any atom is -0.428 e. The molecule has 3 heteroatoms. The first-order valence-electron chi connectivity index (χ1n) is 7.18. The standard InChI is InChI=1S/C16H33NSi2/c1-11-15(4)12-13-16(14(2)3)17(18(5,6)7)19(8,9)10/h11H,1,4,12-13H2,2-3,5-10H3. The van der Waals surface area contributed by atoms with E-state index in [0.29, 0.717) is 0 Å². The molecule has 0 fully saturated rings. The van der Waals surface area contributed by atoms with Gasteiger partial charge in [0.15, 0.2) is 0 Å². The van der Waals surface area contributed by atoms with E-state index in [-0.39, 0.29) is 0 Å². The maximum atomic E-state index is 4.05. The lowest BCUT2D eigenvalue weighted by Crippen LogP contribution is -2.58. The zero-order chi connectivity index (χ0) is 15.4. The number of allylic oxidation sites excluding steroid dienone is 4. The fourth-order valence-electron chi connectivity index (χ4n) is 2.78. The van der Waals surface area contributed by atoms with Crippen molar-refractivity contribution in [1.29, 1.82) is 0 Å². The summed E-state index contributed by atoms with van der Waals surface area (Å²) in [6, 6.07) is 0. The van der Waals surface area contributed by atoms with Crippen LogP contribution in [-0.4, -0.2) is 20.7 Å². The molecule has 19 heavy (non-hydrogen) atoms. The predicted octanol–water partition coefficient (Wildman–Crippen LogP) is 5.77. The van der Waals surface area contributed by atoms with Crippen LogP contribution in [0.2, 0.25) is 39.3 Å². The van der Waals surface area contributed by atoms with E-state index in [1.54, 1.807) is 5.70 Å². The van der Waals surface area contributed by atoms with Crippen LogP contribution in [0.1, 0.15) is 26.7 Å². The highest BCUT2D eigenvalue weighted by atomic mass is 28.4. The Hall–Kier alpha value is -0.546. The number of rotatable bonds is 7. The van der Waals surface area contributed by atoms with Crippen LogP contribution >= 0.6 is 0 Å². The topological polar surface area (TPSA) is 3.24 Å². The van der Waals surface area contributed by atoms with Crippen LogP contribution in [-0.2, 0) is 0 Å². The molecule has 0 rings (SSSR count). The van der Waals surface area contributed by atoms with Gasteiger partial charge >= 0.3 is 0 Å². The van der Waals surface area contributed by atoms with Crippen LogP contribution in [0, 0.1) is 0 Å². The Morgan fingerprint density at radius 2 is 1.37 bits per heavy atom. The van der Waals surface area contributed by atoms with E-state index in [0.717, 1.165) is 18.4 Å². The molecule has 0 amide bonds. The van der Waals surface area contributed by atoms with E-state index in [4.69, 9.17) is 0 Å². The molecule has 0 saturated heterocycles. The average molecular weight is 296 g/mol. The largest absolute Gasteiger partial charge is 0.428 e. The molecular weight excluding hydrogens is 262 g/mol. The summed E-state index contributed by atoms with van der Waals surface area (Å²) < 4.78 is 2.83. The number of hydrogen-bond acceptors (Lipinski definition) is 1.